The summed E-state index contributed by atoms with van der Waals surface area (Å²) in [6, 6.07) is 0.301. The molecule has 0 saturated carbocycles. The Kier molecular flexibility index (Phi) is 2.59. The lowest BCUT2D eigenvalue weighted by Gasteiger charge is -2.27. The van der Waals surface area contributed by atoms with Crippen molar-refractivity contribution in [2.75, 3.05) is 0 Å². The van der Waals surface area contributed by atoms with Crippen LogP contribution < -0.4 is 5.73 Å². The fourth-order valence-electron chi connectivity index (χ4n) is 2.25. The van der Waals surface area contributed by atoms with Crippen molar-refractivity contribution >= 4 is 0 Å². The van der Waals surface area contributed by atoms with Gasteiger partial charge in [-0.15, -0.1) is 0 Å². The minimum Gasteiger partial charge on any atom is -0.332 e. The third-order valence-corrected chi connectivity index (χ3v) is 3.27. The van der Waals surface area contributed by atoms with E-state index in [0.717, 1.165) is 19.4 Å². The van der Waals surface area contributed by atoms with Gasteiger partial charge in [0.1, 0.15) is 5.82 Å². The molecule has 0 aromatic carbocycles. The highest BCUT2D eigenvalue weighted by Gasteiger charge is 2.22. The summed E-state index contributed by atoms with van der Waals surface area (Å²) in [5.74, 6) is 1.84. The van der Waals surface area contributed by atoms with Crippen molar-refractivity contribution in [3.05, 3.63) is 17.7 Å². The topological polar surface area (TPSA) is 43.8 Å². The summed E-state index contributed by atoms with van der Waals surface area (Å²) in [4.78, 5) is 4.43. The Morgan fingerprint density at radius 3 is 3.14 bits per heavy atom. The van der Waals surface area contributed by atoms with Gasteiger partial charge in [-0.25, -0.2) is 4.98 Å². The van der Waals surface area contributed by atoms with Crippen molar-refractivity contribution in [1.29, 1.82) is 0 Å². The van der Waals surface area contributed by atoms with Crippen molar-refractivity contribution in [2.45, 2.75) is 45.7 Å². The number of hydrogen-bond donors (Lipinski definition) is 1. The average molecular weight is 193 g/mol. The van der Waals surface area contributed by atoms with E-state index in [0.29, 0.717) is 12.0 Å². The van der Waals surface area contributed by atoms with E-state index in [1.54, 1.807) is 0 Å². The second-order valence-electron chi connectivity index (χ2n) is 4.29. The summed E-state index contributed by atoms with van der Waals surface area (Å²) in [5, 5.41) is 0. The lowest BCUT2D eigenvalue weighted by Crippen LogP contribution is -2.34. The first kappa shape index (κ1) is 9.71. The number of rotatable bonds is 2. The van der Waals surface area contributed by atoms with E-state index >= 15 is 0 Å². The minimum absolute atomic E-state index is 0.301. The molecule has 0 fully saturated rings. The highest BCUT2D eigenvalue weighted by molar-refractivity contribution is 5.09. The van der Waals surface area contributed by atoms with Crippen LogP contribution in [0.1, 0.15) is 31.8 Å². The van der Waals surface area contributed by atoms with Crippen molar-refractivity contribution < 1.29 is 0 Å². The van der Waals surface area contributed by atoms with Gasteiger partial charge in [0.05, 0.1) is 0 Å². The van der Waals surface area contributed by atoms with Crippen molar-refractivity contribution in [1.82, 2.24) is 9.55 Å². The van der Waals surface area contributed by atoms with E-state index in [1.807, 2.05) is 6.20 Å². The largest absolute Gasteiger partial charge is 0.332 e. The van der Waals surface area contributed by atoms with Gasteiger partial charge in [-0.05, 0) is 25.7 Å². The van der Waals surface area contributed by atoms with Gasteiger partial charge in [-0.1, -0.05) is 6.92 Å². The van der Waals surface area contributed by atoms with E-state index in [2.05, 4.69) is 23.4 Å². The molecule has 0 aliphatic carbocycles. The highest BCUT2D eigenvalue weighted by Crippen LogP contribution is 2.23. The summed E-state index contributed by atoms with van der Waals surface area (Å²) < 4.78 is 2.36. The SMILES string of the molecule is CCc1ncc2n1CC(C(C)N)CC2. The molecule has 3 nitrogen and oxygen atoms in total. The first-order chi connectivity index (χ1) is 6.72. The lowest BCUT2D eigenvalue weighted by molar-refractivity contribution is 0.320. The van der Waals surface area contributed by atoms with Gasteiger partial charge in [-0.3, -0.25) is 0 Å². The molecule has 3 heteroatoms. The van der Waals surface area contributed by atoms with Gasteiger partial charge in [0.15, 0.2) is 0 Å². The second kappa shape index (κ2) is 3.73. The molecular formula is C11H19N3. The number of fused-ring (bicyclic) bond motifs is 1. The third-order valence-electron chi connectivity index (χ3n) is 3.27. The normalized spacial score (nSPS) is 23.2. The van der Waals surface area contributed by atoms with Crippen LogP contribution in [-0.4, -0.2) is 15.6 Å². The molecule has 2 rings (SSSR count). The number of nitrogens with two attached hydrogens (primary N) is 1. The molecule has 0 bridgehead atoms. The first-order valence-corrected chi connectivity index (χ1v) is 5.51. The smallest absolute Gasteiger partial charge is 0.108 e. The van der Waals surface area contributed by atoms with E-state index in [1.165, 1.54) is 17.9 Å². The van der Waals surface area contributed by atoms with Crippen molar-refractivity contribution in [2.24, 2.45) is 11.7 Å². The van der Waals surface area contributed by atoms with Crippen LogP contribution >= 0.6 is 0 Å². The standard InChI is InChI=1S/C11H19N3/c1-3-11-13-6-10-5-4-9(8(2)12)7-14(10)11/h6,8-9H,3-5,7,12H2,1-2H3. The lowest BCUT2D eigenvalue weighted by atomic mass is 9.92. The van der Waals surface area contributed by atoms with Crippen LogP contribution in [0.15, 0.2) is 6.20 Å². The van der Waals surface area contributed by atoms with Gasteiger partial charge < -0.3 is 10.3 Å². The molecule has 1 aliphatic heterocycles. The summed E-state index contributed by atoms with van der Waals surface area (Å²) in [6.45, 7) is 5.33. The number of imidazole rings is 1. The molecule has 0 radical (unpaired) electrons. The fourth-order valence-corrected chi connectivity index (χ4v) is 2.25. The van der Waals surface area contributed by atoms with Crippen LogP contribution in [0.2, 0.25) is 0 Å². The molecule has 1 aromatic rings. The highest BCUT2D eigenvalue weighted by atomic mass is 15.1. The predicted octanol–water partition coefficient (Wildman–Crippen LogP) is 1.36. The molecule has 2 heterocycles. The molecule has 14 heavy (non-hydrogen) atoms. The number of aromatic nitrogens is 2. The molecule has 0 spiro atoms. The molecule has 2 unspecified atom stereocenters. The van der Waals surface area contributed by atoms with Crippen LogP contribution in [0.4, 0.5) is 0 Å². The Balaban J connectivity index is 2.23. The van der Waals surface area contributed by atoms with Crippen molar-refractivity contribution in [3.8, 4) is 0 Å². The molecule has 1 aromatic heterocycles. The molecule has 0 saturated heterocycles. The van der Waals surface area contributed by atoms with Crippen LogP contribution in [0.3, 0.4) is 0 Å². The first-order valence-electron chi connectivity index (χ1n) is 5.51. The number of nitrogens with zero attached hydrogens (tertiary/aromatic N) is 2. The molecule has 1 aliphatic rings. The second-order valence-corrected chi connectivity index (χ2v) is 4.29. The van der Waals surface area contributed by atoms with Gasteiger partial charge in [0.25, 0.3) is 0 Å². The minimum atomic E-state index is 0.301. The van der Waals surface area contributed by atoms with Gasteiger partial charge in [0.2, 0.25) is 0 Å². The van der Waals surface area contributed by atoms with E-state index < -0.39 is 0 Å². The van der Waals surface area contributed by atoms with Crippen LogP contribution in [0.5, 0.6) is 0 Å². The predicted molar refractivity (Wildman–Crippen MR) is 57.1 cm³/mol. The van der Waals surface area contributed by atoms with Gasteiger partial charge in [-0.2, -0.15) is 0 Å². The van der Waals surface area contributed by atoms with E-state index in [-0.39, 0.29) is 0 Å². The van der Waals surface area contributed by atoms with Gasteiger partial charge >= 0.3 is 0 Å². The average Bonchev–Trinajstić information content (AvgIpc) is 2.59. The molecule has 2 atom stereocenters. The Bertz CT molecular complexity index is 301. The number of aryl methyl sites for hydroxylation is 2. The summed E-state index contributed by atoms with van der Waals surface area (Å²) >= 11 is 0. The summed E-state index contributed by atoms with van der Waals surface area (Å²) in [7, 11) is 0. The molecule has 0 amide bonds. The van der Waals surface area contributed by atoms with Crippen molar-refractivity contribution in [3.63, 3.8) is 0 Å². The third kappa shape index (κ3) is 1.57. The van der Waals surface area contributed by atoms with E-state index in [4.69, 9.17) is 5.73 Å². The zero-order chi connectivity index (χ0) is 10.1. The molecule has 78 valence electrons. The fraction of sp³-hybridized carbons (Fsp3) is 0.727. The monoisotopic (exact) mass is 193 g/mol. The maximum absolute atomic E-state index is 5.95. The van der Waals surface area contributed by atoms with Crippen LogP contribution in [-0.2, 0) is 19.4 Å². The Hall–Kier alpha value is -0.830. The zero-order valence-corrected chi connectivity index (χ0v) is 9.03. The quantitative estimate of drug-likeness (QED) is 0.770. The van der Waals surface area contributed by atoms with Crippen LogP contribution in [0, 0.1) is 5.92 Å². The van der Waals surface area contributed by atoms with Gasteiger partial charge in [0, 0.05) is 30.9 Å². The Morgan fingerprint density at radius 2 is 2.50 bits per heavy atom. The Labute approximate surface area is 85.3 Å². The van der Waals surface area contributed by atoms with E-state index in [9.17, 15) is 0 Å². The summed E-state index contributed by atoms with van der Waals surface area (Å²) in [5.41, 5.74) is 7.34. The van der Waals surface area contributed by atoms with Crippen LogP contribution in [0.25, 0.3) is 0 Å². The maximum Gasteiger partial charge on any atom is 0.108 e. The molecular weight excluding hydrogens is 174 g/mol. The maximum atomic E-state index is 5.95. The molecule has 2 N–H and O–H groups in total. The zero-order valence-electron chi connectivity index (χ0n) is 9.03. The summed E-state index contributed by atoms with van der Waals surface area (Å²) in [6.07, 6.45) is 5.40. The Morgan fingerprint density at radius 1 is 1.71 bits per heavy atom. The number of hydrogen-bond acceptors (Lipinski definition) is 2.